The zero-order valence-electron chi connectivity index (χ0n) is 13.5. The van der Waals surface area contributed by atoms with E-state index in [1.807, 2.05) is 42.0 Å². The van der Waals surface area contributed by atoms with E-state index in [0.29, 0.717) is 11.6 Å². The summed E-state index contributed by atoms with van der Waals surface area (Å²) in [6, 6.07) is 1.82. The number of carbonyl (C=O) groups excluding carboxylic acids is 1. The molecule has 2 aromatic heterocycles. The van der Waals surface area contributed by atoms with Crippen molar-refractivity contribution in [3.05, 3.63) is 35.7 Å². The first-order valence-corrected chi connectivity index (χ1v) is 7.91. The molecule has 1 aliphatic rings. The van der Waals surface area contributed by atoms with E-state index in [1.165, 1.54) is 0 Å². The highest BCUT2D eigenvalue weighted by Crippen LogP contribution is 2.27. The maximum Gasteiger partial charge on any atom is 0.274 e. The van der Waals surface area contributed by atoms with Gasteiger partial charge in [0.2, 0.25) is 0 Å². The van der Waals surface area contributed by atoms with E-state index in [-0.39, 0.29) is 5.91 Å². The Balaban J connectivity index is 1.69. The topological polar surface area (TPSA) is 56.0 Å². The molecule has 118 valence electrons. The van der Waals surface area contributed by atoms with Gasteiger partial charge < -0.3 is 9.47 Å². The van der Waals surface area contributed by atoms with Crippen molar-refractivity contribution in [2.75, 3.05) is 13.1 Å². The molecular weight excluding hydrogens is 278 g/mol. The fraction of sp³-hybridized carbons (Fsp3) is 0.562. The van der Waals surface area contributed by atoms with Gasteiger partial charge in [-0.1, -0.05) is 6.92 Å². The Hall–Kier alpha value is -2.11. The third kappa shape index (κ3) is 2.77. The van der Waals surface area contributed by atoms with Crippen molar-refractivity contribution in [3.63, 3.8) is 0 Å². The molecule has 0 N–H and O–H groups in total. The van der Waals surface area contributed by atoms with Crippen LogP contribution < -0.4 is 0 Å². The van der Waals surface area contributed by atoms with Crippen LogP contribution in [0.3, 0.4) is 0 Å². The minimum Gasteiger partial charge on any atom is -0.337 e. The second kappa shape index (κ2) is 5.94. The highest BCUT2D eigenvalue weighted by atomic mass is 16.2. The number of hydrogen-bond donors (Lipinski definition) is 0. The van der Waals surface area contributed by atoms with E-state index in [4.69, 9.17) is 0 Å². The predicted molar refractivity (Wildman–Crippen MR) is 83.7 cm³/mol. The van der Waals surface area contributed by atoms with Gasteiger partial charge in [-0.05, 0) is 25.8 Å². The van der Waals surface area contributed by atoms with Gasteiger partial charge >= 0.3 is 0 Å². The Labute approximate surface area is 130 Å². The monoisotopic (exact) mass is 301 g/mol. The van der Waals surface area contributed by atoms with Gasteiger partial charge in [0.1, 0.15) is 11.5 Å². The summed E-state index contributed by atoms with van der Waals surface area (Å²) in [5, 5.41) is 4.37. The second-order valence-corrected chi connectivity index (χ2v) is 6.05. The number of rotatable bonds is 4. The van der Waals surface area contributed by atoms with Crippen LogP contribution in [0.25, 0.3) is 0 Å². The predicted octanol–water partition coefficient (Wildman–Crippen LogP) is 1.96. The molecule has 0 aliphatic carbocycles. The van der Waals surface area contributed by atoms with Gasteiger partial charge in [-0.2, -0.15) is 5.10 Å². The van der Waals surface area contributed by atoms with Gasteiger partial charge in [0, 0.05) is 45.0 Å². The van der Waals surface area contributed by atoms with Gasteiger partial charge in [-0.3, -0.25) is 9.48 Å². The lowest BCUT2D eigenvalue weighted by Crippen LogP contribution is -2.29. The van der Waals surface area contributed by atoms with Crippen LogP contribution in [-0.4, -0.2) is 43.2 Å². The zero-order chi connectivity index (χ0) is 15.7. The third-order valence-corrected chi connectivity index (χ3v) is 4.19. The van der Waals surface area contributed by atoms with E-state index < -0.39 is 0 Å². The molecule has 22 heavy (non-hydrogen) atoms. The number of aromatic nitrogens is 4. The fourth-order valence-electron chi connectivity index (χ4n) is 3.16. The van der Waals surface area contributed by atoms with Crippen LogP contribution in [0, 0.1) is 6.92 Å². The highest BCUT2D eigenvalue weighted by Gasteiger charge is 2.31. The summed E-state index contributed by atoms with van der Waals surface area (Å²) in [5.74, 6) is 1.42. The van der Waals surface area contributed by atoms with Crippen LogP contribution in [0.5, 0.6) is 0 Å². The van der Waals surface area contributed by atoms with Crippen LogP contribution in [0.15, 0.2) is 18.5 Å². The molecule has 0 aromatic carbocycles. The van der Waals surface area contributed by atoms with E-state index in [1.54, 1.807) is 0 Å². The molecular formula is C16H23N5O. The number of hydrogen-bond acceptors (Lipinski definition) is 3. The van der Waals surface area contributed by atoms with Crippen molar-refractivity contribution in [2.45, 2.75) is 39.2 Å². The van der Waals surface area contributed by atoms with E-state index in [9.17, 15) is 4.79 Å². The first kappa shape index (κ1) is 14.8. The van der Waals surface area contributed by atoms with Crippen LogP contribution in [0.4, 0.5) is 0 Å². The summed E-state index contributed by atoms with van der Waals surface area (Å²) in [6.45, 7) is 6.45. The SMILES string of the molecule is CCCn1ccc(C(=O)N2CCC(c3nc(C)cn3C)C2)n1. The number of aryl methyl sites for hydroxylation is 3. The zero-order valence-corrected chi connectivity index (χ0v) is 13.5. The quantitative estimate of drug-likeness (QED) is 0.867. The molecule has 1 fully saturated rings. The van der Waals surface area contributed by atoms with Crippen molar-refractivity contribution >= 4 is 5.91 Å². The molecule has 3 heterocycles. The summed E-state index contributed by atoms with van der Waals surface area (Å²) in [5.41, 5.74) is 1.57. The Bertz CT molecular complexity index is 672. The molecule has 1 amide bonds. The molecule has 0 bridgehead atoms. The molecule has 6 heteroatoms. The minimum absolute atomic E-state index is 0.0308. The number of imidazole rings is 1. The van der Waals surface area contributed by atoms with Crippen molar-refractivity contribution in [3.8, 4) is 0 Å². The van der Waals surface area contributed by atoms with Gasteiger partial charge in [-0.15, -0.1) is 0 Å². The molecule has 3 rings (SSSR count). The van der Waals surface area contributed by atoms with E-state index in [0.717, 1.165) is 44.0 Å². The summed E-state index contributed by atoms with van der Waals surface area (Å²) >= 11 is 0. The van der Waals surface area contributed by atoms with Crippen molar-refractivity contribution in [1.82, 2.24) is 24.2 Å². The number of amides is 1. The lowest BCUT2D eigenvalue weighted by Gasteiger charge is -2.15. The molecule has 0 radical (unpaired) electrons. The number of carbonyl (C=O) groups is 1. The average molecular weight is 301 g/mol. The van der Waals surface area contributed by atoms with Crippen LogP contribution in [0.2, 0.25) is 0 Å². The molecule has 1 unspecified atom stereocenters. The highest BCUT2D eigenvalue weighted by molar-refractivity contribution is 5.92. The van der Waals surface area contributed by atoms with Gasteiger partial charge in [0.25, 0.3) is 5.91 Å². The van der Waals surface area contributed by atoms with Gasteiger partial charge in [0.15, 0.2) is 0 Å². The molecule has 1 aliphatic heterocycles. The maximum atomic E-state index is 12.6. The Morgan fingerprint density at radius 3 is 2.95 bits per heavy atom. The van der Waals surface area contributed by atoms with E-state index >= 15 is 0 Å². The first-order valence-electron chi connectivity index (χ1n) is 7.91. The Kier molecular flexibility index (Phi) is 4.00. The largest absolute Gasteiger partial charge is 0.337 e. The molecule has 0 spiro atoms. The molecule has 0 saturated carbocycles. The van der Waals surface area contributed by atoms with Crippen molar-refractivity contribution in [2.24, 2.45) is 7.05 Å². The molecule has 2 aromatic rings. The van der Waals surface area contributed by atoms with E-state index in [2.05, 4.69) is 21.6 Å². The Morgan fingerprint density at radius 1 is 1.45 bits per heavy atom. The van der Waals surface area contributed by atoms with Crippen LogP contribution in [0.1, 0.15) is 47.7 Å². The normalized spacial score (nSPS) is 18.1. The first-order chi connectivity index (χ1) is 10.6. The van der Waals surface area contributed by atoms with Gasteiger partial charge in [0.05, 0.1) is 5.69 Å². The van der Waals surface area contributed by atoms with Crippen molar-refractivity contribution < 1.29 is 4.79 Å². The lowest BCUT2D eigenvalue weighted by atomic mass is 10.1. The lowest BCUT2D eigenvalue weighted by molar-refractivity contribution is 0.0783. The summed E-state index contributed by atoms with van der Waals surface area (Å²) in [6.07, 6.45) is 5.89. The fourth-order valence-corrected chi connectivity index (χ4v) is 3.16. The number of likely N-dealkylation sites (tertiary alicyclic amines) is 1. The van der Waals surface area contributed by atoms with Gasteiger partial charge in [-0.25, -0.2) is 4.98 Å². The average Bonchev–Trinajstić information content (AvgIpc) is 3.18. The molecule has 1 saturated heterocycles. The smallest absolute Gasteiger partial charge is 0.274 e. The third-order valence-electron chi connectivity index (χ3n) is 4.19. The van der Waals surface area contributed by atoms with Crippen LogP contribution in [-0.2, 0) is 13.6 Å². The molecule has 1 atom stereocenters. The summed E-state index contributed by atoms with van der Waals surface area (Å²) < 4.78 is 3.91. The Morgan fingerprint density at radius 2 is 2.27 bits per heavy atom. The standard InChI is InChI=1S/C16H23N5O/c1-4-7-21-9-6-14(18-21)16(22)20-8-5-13(11-20)15-17-12(2)10-19(15)3/h6,9-10,13H,4-5,7-8,11H2,1-3H3. The van der Waals surface area contributed by atoms with Crippen molar-refractivity contribution in [1.29, 1.82) is 0 Å². The molecule has 6 nitrogen and oxygen atoms in total. The summed E-state index contributed by atoms with van der Waals surface area (Å²) in [4.78, 5) is 19.0. The second-order valence-electron chi connectivity index (χ2n) is 6.05. The van der Waals surface area contributed by atoms with Crippen LogP contribution >= 0.6 is 0 Å². The minimum atomic E-state index is 0.0308. The number of nitrogens with zero attached hydrogens (tertiary/aromatic N) is 5. The summed E-state index contributed by atoms with van der Waals surface area (Å²) in [7, 11) is 2.02. The maximum absolute atomic E-state index is 12.6.